The van der Waals surface area contributed by atoms with Crippen molar-refractivity contribution in [2.75, 3.05) is 18.0 Å². The van der Waals surface area contributed by atoms with E-state index in [2.05, 4.69) is 39.1 Å². The predicted molar refractivity (Wildman–Crippen MR) is 85.2 cm³/mol. The average Bonchev–Trinajstić information content (AvgIpc) is 2.99. The molecule has 2 N–H and O–H groups in total. The summed E-state index contributed by atoms with van der Waals surface area (Å²) < 4.78 is 0. The molecule has 0 bridgehead atoms. The van der Waals surface area contributed by atoms with Crippen LogP contribution in [0.2, 0.25) is 0 Å². The lowest BCUT2D eigenvalue weighted by atomic mass is 9.99. The van der Waals surface area contributed by atoms with E-state index in [0.717, 1.165) is 25.9 Å². The molecule has 0 saturated heterocycles. The predicted octanol–water partition coefficient (Wildman–Crippen LogP) is 1.82. The Morgan fingerprint density at radius 3 is 2.78 bits per heavy atom. The summed E-state index contributed by atoms with van der Waals surface area (Å²) in [5.74, 6) is 0.00780. The number of carbonyl (C=O) groups excluding carboxylic acids is 1. The molecule has 1 aromatic carbocycles. The Morgan fingerprint density at radius 2 is 2.00 bits per heavy atom. The van der Waals surface area contributed by atoms with Crippen LogP contribution in [0.3, 0.4) is 0 Å². The van der Waals surface area contributed by atoms with Gasteiger partial charge in [0.25, 0.3) is 5.91 Å². The molecule has 1 aliphatic heterocycles. The van der Waals surface area contributed by atoms with Crippen molar-refractivity contribution in [2.45, 2.75) is 12.8 Å². The summed E-state index contributed by atoms with van der Waals surface area (Å²) in [6.07, 6.45) is 4.84. The number of hydroxylamine groups is 1. The molecule has 23 heavy (non-hydrogen) atoms. The Balaban J connectivity index is 1.55. The van der Waals surface area contributed by atoms with Crippen LogP contribution in [-0.4, -0.2) is 34.2 Å². The molecule has 1 amide bonds. The second kappa shape index (κ2) is 5.48. The van der Waals surface area contributed by atoms with Crippen molar-refractivity contribution in [3.63, 3.8) is 0 Å². The molecule has 0 unspecified atom stereocenters. The van der Waals surface area contributed by atoms with Crippen molar-refractivity contribution in [1.82, 2.24) is 15.4 Å². The van der Waals surface area contributed by atoms with Gasteiger partial charge in [0.05, 0.1) is 5.56 Å². The zero-order valence-corrected chi connectivity index (χ0v) is 12.5. The van der Waals surface area contributed by atoms with Gasteiger partial charge < -0.3 is 4.90 Å². The van der Waals surface area contributed by atoms with Gasteiger partial charge in [0.15, 0.2) is 0 Å². The summed E-state index contributed by atoms with van der Waals surface area (Å²) >= 11 is 0. The highest BCUT2D eigenvalue weighted by Crippen LogP contribution is 2.38. The smallest absolute Gasteiger partial charge is 0.277 e. The Hall–Kier alpha value is -2.73. The summed E-state index contributed by atoms with van der Waals surface area (Å²) in [6.45, 7) is 1.67. The summed E-state index contributed by atoms with van der Waals surface area (Å²) in [5, 5.41) is 8.62. The highest BCUT2D eigenvalue weighted by Gasteiger charge is 2.27. The highest BCUT2D eigenvalue weighted by atomic mass is 16.5. The van der Waals surface area contributed by atoms with Gasteiger partial charge in [-0.2, -0.15) is 0 Å². The maximum atomic E-state index is 11.3. The number of amides is 1. The fourth-order valence-electron chi connectivity index (χ4n) is 3.35. The minimum absolute atomic E-state index is 0.237. The van der Waals surface area contributed by atoms with Crippen LogP contribution in [0.15, 0.2) is 42.2 Å². The van der Waals surface area contributed by atoms with Crippen molar-refractivity contribution in [3.8, 4) is 0 Å². The van der Waals surface area contributed by atoms with Crippen LogP contribution >= 0.6 is 0 Å². The van der Waals surface area contributed by atoms with E-state index < -0.39 is 5.91 Å². The number of rotatable bonds is 2. The standard InChI is InChI=1S/C17H16N4O2/c22-16(20-23)13-8-18-17(19-9-13)21-6-5-15-12(10-21)7-11-3-1-2-4-14(11)15/h1-4,8-9,23H,5-7,10H2,(H,20,22). The first-order valence-corrected chi connectivity index (χ1v) is 7.57. The third-order valence-electron chi connectivity index (χ3n) is 4.47. The van der Waals surface area contributed by atoms with Crippen LogP contribution in [0, 0.1) is 0 Å². The Morgan fingerprint density at radius 1 is 1.22 bits per heavy atom. The molecule has 2 heterocycles. The van der Waals surface area contributed by atoms with E-state index in [1.165, 1.54) is 34.7 Å². The summed E-state index contributed by atoms with van der Waals surface area (Å²) in [6, 6.07) is 8.57. The van der Waals surface area contributed by atoms with E-state index in [1.807, 2.05) is 0 Å². The molecular weight excluding hydrogens is 292 g/mol. The third kappa shape index (κ3) is 2.37. The lowest BCUT2D eigenvalue weighted by molar-refractivity contribution is 0.0705. The molecule has 0 radical (unpaired) electrons. The first-order valence-electron chi connectivity index (χ1n) is 7.57. The third-order valence-corrected chi connectivity index (χ3v) is 4.47. The quantitative estimate of drug-likeness (QED) is 0.653. The van der Waals surface area contributed by atoms with Crippen molar-refractivity contribution < 1.29 is 10.0 Å². The molecule has 1 aliphatic carbocycles. The molecule has 6 nitrogen and oxygen atoms in total. The van der Waals surface area contributed by atoms with Crippen molar-refractivity contribution in [2.24, 2.45) is 0 Å². The van der Waals surface area contributed by atoms with E-state index in [4.69, 9.17) is 5.21 Å². The maximum absolute atomic E-state index is 11.3. The SMILES string of the molecule is O=C(NO)c1cnc(N2CCC3=C(Cc4ccccc43)C2)nc1. The van der Waals surface area contributed by atoms with Crippen LogP contribution in [0.5, 0.6) is 0 Å². The number of benzene rings is 1. The van der Waals surface area contributed by atoms with Gasteiger partial charge in [0.1, 0.15) is 0 Å². The number of hydrogen-bond acceptors (Lipinski definition) is 5. The van der Waals surface area contributed by atoms with Gasteiger partial charge in [-0.05, 0) is 35.1 Å². The fraction of sp³-hybridized carbons (Fsp3) is 0.235. The lowest BCUT2D eigenvalue weighted by Crippen LogP contribution is -2.32. The summed E-state index contributed by atoms with van der Waals surface area (Å²) in [7, 11) is 0. The van der Waals surface area contributed by atoms with Crippen LogP contribution < -0.4 is 10.4 Å². The Kier molecular flexibility index (Phi) is 3.31. The summed E-state index contributed by atoms with van der Waals surface area (Å²) in [4.78, 5) is 22.0. The monoisotopic (exact) mass is 308 g/mol. The lowest BCUT2D eigenvalue weighted by Gasteiger charge is -2.28. The summed E-state index contributed by atoms with van der Waals surface area (Å²) in [5.41, 5.74) is 7.50. The Labute approximate surface area is 133 Å². The first-order chi connectivity index (χ1) is 11.3. The van der Waals surface area contributed by atoms with Crippen LogP contribution in [-0.2, 0) is 6.42 Å². The van der Waals surface area contributed by atoms with E-state index >= 15 is 0 Å². The molecule has 2 aliphatic rings. The van der Waals surface area contributed by atoms with Gasteiger partial charge in [-0.3, -0.25) is 10.0 Å². The molecule has 116 valence electrons. The van der Waals surface area contributed by atoms with E-state index in [0.29, 0.717) is 5.95 Å². The largest absolute Gasteiger partial charge is 0.336 e. The van der Waals surface area contributed by atoms with Crippen molar-refractivity contribution in [3.05, 3.63) is 58.9 Å². The normalized spacial score (nSPS) is 16.1. The number of nitrogens with one attached hydrogen (secondary N) is 1. The average molecular weight is 308 g/mol. The van der Waals surface area contributed by atoms with Gasteiger partial charge in [0, 0.05) is 25.5 Å². The van der Waals surface area contributed by atoms with E-state index in [9.17, 15) is 4.79 Å². The second-order valence-electron chi connectivity index (χ2n) is 5.80. The molecule has 2 aromatic rings. The van der Waals surface area contributed by atoms with Crippen molar-refractivity contribution in [1.29, 1.82) is 0 Å². The Bertz CT molecular complexity index is 798. The van der Waals surface area contributed by atoms with Gasteiger partial charge in [-0.25, -0.2) is 15.4 Å². The molecule has 4 rings (SSSR count). The number of anilines is 1. The van der Waals surface area contributed by atoms with E-state index in [1.54, 1.807) is 5.48 Å². The molecule has 0 atom stereocenters. The molecule has 0 saturated carbocycles. The minimum Gasteiger partial charge on any atom is -0.336 e. The zero-order chi connectivity index (χ0) is 15.8. The molecular formula is C17H16N4O2. The number of carbonyl (C=O) groups is 1. The van der Waals surface area contributed by atoms with E-state index in [-0.39, 0.29) is 5.56 Å². The molecule has 1 aromatic heterocycles. The maximum Gasteiger partial charge on any atom is 0.277 e. The van der Waals surface area contributed by atoms with Crippen LogP contribution in [0.1, 0.15) is 27.9 Å². The highest BCUT2D eigenvalue weighted by molar-refractivity contribution is 5.92. The fourth-order valence-corrected chi connectivity index (χ4v) is 3.35. The number of aromatic nitrogens is 2. The molecule has 0 fully saturated rings. The zero-order valence-electron chi connectivity index (χ0n) is 12.5. The van der Waals surface area contributed by atoms with Gasteiger partial charge in [-0.15, -0.1) is 0 Å². The number of fused-ring (bicyclic) bond motifs is 2. The van der Waals surface area contributed by atoms with Gasteiger partial charge >= 0.3 is 0 Å². The number of hydrogen-bond donors (Lipinski definition) is 2. The van der Waals surface area contributed by atoms with Gasteiger partial charge in [0.2, 0.25) is 5.95 Å². The van der Waals surface area contributed by atoms with Crippen molar-refractivity contribution >= 4 is 17.4 Å². The topological polar surface area (TPSA) is 78.3 Å². The molecule has 6 heteroatoms. The minimum atomic E-state index is -0.605. The first kappa shape index (κ1) is 13.9. The van der Waals surface area contributed by atoms with Crippen LogP contribution in [0.4, 0.5) is 5.95 Å². The second-order valence-corrected chi connectivity index (χ2v) is 5.80. The van der Waals surface area contributed by atoms with Crippen LogP contribution in [0.25, 0.3) is 5.57 Å². The van der Waals surface area contributed by atoms with Gasteiger partial charge in [-0.1, -0.05) is 24.3 Å². The molecule has 0 spiro atoms. The number of nitrogens with zero attached hydrogens (tertiary/aromatic N) is 3.